The Balaban J connectivity index is 0.00000274. The number of benzene rings is 3. The normalized spacial score (nSPS) is 11.2. The van der Waals surface area contributed by atoms with Crippen LogP contribution >= 0.6 is 23.5 Å². The fourth-order valence-corrected chi connectivity index (χ4v) is 5.68. The number of rotatable bonds is 14. The molecule has 3 aromatic carbocycles. The number of para-hydroxylation sites is 2. The Morgan fingerprint density at radius 3 is 1.43 bits per heavy atom. The fourth-order valence-electron chi connectivity index (χ4n) is 3.59. The molecule has 0 fully saturated rings. The Labute approximate surface area is 249 Å². The van der Waals surface area contributed by atoms with E-state index in [1.54, 1.807) is 36.0 Å². The minimum atomic E-state index is -0.550. The molecule has 0 saturated carbocycles. The molecule has 4 nitrogen and oxygen atoms in total. The maximum absolute atomic E-state index is 12.6. The Hall–Kier alpha value is -2.70. The van der Waals surface area contributed by atoms with Crippen LogP contribution in [0, 0.1) is 10.8 Å². The van der Waals surface area contributed by atoms with E-state index >= 15 is 0 Å². The van der Waals surface area contributed by atoms with Crippen molar-refractivity contribution in [3.8, 4) is 11.5 Å². The maximum atomic E-state index is 12.6. The molecule has 40 heavy (non-hydrogen) atoms. The van der Waals surface area contributed by atoms with Crippen LogP contribution in [0.25, 0.3) is 0 Å². The number of thioether (sulfide) groups is 2. The summed E-state index contributed by atoms with van der Waals surface area (Å²) in [5, 5.41) is 0. The largest absolute Gasteiger partial charge is 0.426 e. The van der Waals surface area contributed by atoms with E-state index in [1.807, 2.05) is 89.7 Å². The van der Waals surface area contributed by atoms with Gasteiger partial charge in [0, 0.05) is 9.79 Å². The second kappa shape index (κ2) is 17.2. The second-order valence-corrected chi connectivity index (χ2v) is 12.9. The van der Waals surface area contributed by atoms with Gasteiger partial charge in [0.2, 0.25) is 0 Å². The van der Waals surface area contributed by atoms with Crippen molar-refractivity contribution in [1.29, 1.82) is 0 Å². The van der Waals surface area contributed by atoms with Crippen molar-refractivity contribution >= 4 is 35.5 Å². The third-order valence-corrected chi connectivity index (χ3v) is 8.41. The van der Waals surface area contributed by atoms with E-state index in [1.165, 1.54) is 9.79 Å². The Morgan fingerprint density at radius 2 is 0.975 bits per heavy atom. The van der Waals surface area contributed by atoms with E-state index in [-0.39, 0.29) is 11.9 Å². The minimum Gasteiger partial charge on any atom is -0.426 e. The number of esters is 2. The van der Waals surface area contributed by atoms with E-state index in [4.69, 9.17) is 9.47 Å². The summed E-state index contributed by atoms with van der Waals surface area (Å²) >= 11 is 3.59. The van der Waals surface area contributed by atoms with Crippen LogP contribution in [0.5, 0.6) is 11.5 Å². The SMILES string of the molecule is CC.CC(C)(CCCCSc1ccc(SCCC(C)(C)C(=O)Oc2ccccc2)cc1)C(=O)Oc1ccccc1. The van der Waals surface area contributed by atoms with E-state index in [0.717, 1.165) is 37.2 Å². The van der Waals surface area contributed by atoms with Crippen molar-refractivity contribution in [2.75, 3.05) is 11.5 Å². The molecule has 0 aliphatic rings. The summed E-state index contributed by atoms with van der Waals surface area (Å²) in [4.78, 5) is 27.5. The van der Waals surface area contributed by atoms with Gasteiger partial charge in [0.15, 0.2) is 0 Å². The highest BCUT2D eigenvalue weighted by Gasteiger charge is 2.30. The van der Waals surface area contributed by atoms with Crippen molar-refractivity contribution in [3.63, 3.8) is 0 Å². The van der Waals surface area contributed by atoms with Gasteiger partial charge in [-0.05, 0) is 107 Å². The van der Waals surface area contributed by atoms with Crippen molar-refractivity contribution in [3.05, 3.63) is 84.9 Å². The Kier molecular flexibility index (Phi) is 14.4. The van der Waals surface area contributed by atoms with Gasteiger partial charge in [-0.15, -0.1) is 23.5 Å². The lowest BCUT2D eigenvalue weighted by Gasteiger charge is -2.22. The van der Waals surface area contributed by atoms with Crippen LogP contribution in [-0.4, -0.2) is 23.4 Å². The van der Waals surface area contributed by atoms with Gasteiger partial charge in [0.1, 0.15) is 11.5 Å². The van der Waals surface area contributed by atoms with E-state index in [2.05, 4.69) is 24.3 Å². The molecule has 3 aromatic rings. The molecule has 0 aromatic heterocycles. The summed E-state index contributed by atoms with van der Waals surface area (Å²) in [7, 11) is 0. The number of unbranched alkanes of at least 4 members (excludes halogenated alkanes) is 1. The second-order valence-electron chi connectivity index (χ2n) is 10.5. The minimum absolute atomic E-state index is 0.180. The molecule has 0 spiro atoms. The number of carbonyl (C=O) groups excluding carboxylic acids is 2. The number of ether oxygens (including phenoxy) is 2. The van der Waals surface area contributed by atoms with Crippen LogP contribution in [0.3, 0.4) is 0 Å². The molecule has 0 heterocycles. The van der Waals surface area contributed by atoms with Crippen LogP contribution in [-0.2, 0) is 9.59 Å². The van der Waals surface area contributed by atoms with Crippen LogP contribution in [0.2, 0.25) is 0 Å². The lowest BCUT2D eigenvalue weighted by molar-refractivity contribution is -0.145. The molecular formula is C34H44O4S2. The fraction of sp³-hybridized carbons (Fsp3) is 0.412. The highest BCUT2D eigenvalue weighted by atomic mass is 32.2. The molecule has 0 unspecified atom stereocenters. The van der Waals surface area contributed by atoms with Gasteiger partial charge in [-0.1, -0.05) is 56.7 Å². The first-order valence-corrected chi connectivity index (χ1v) is 16.0. The summed E-state index contributed by atoms with van der Waals surface area (Å²) in [6, 6.07) is 27.1. The van der Waals surface area contributed by atoms with E-state index < -0.39 is 10.8 Å². The molecule has 0 radical (unpaired) electrons. The van der Waals surface area contributed by atoms with Crippen molar-refractivity contribution in [2.45, 2.75) is 77.0 Å². The maximum Gasteiger partial charge on any atom is 0.316 e. The summed E-state index contributed by atoms with van der Waals surface area (Å²) in [6.45, 7) is 11.8. The third kappa shape index (κ3) is 11.8. The van der Waals surface area contributed by atoms with Crippen LogP contribution in [0.15, 0.2) is 94.7 Å². The summed E-state index contributed by atoms with van der Waals surface area (Å²) in [6.07, 6.45) is 3.54. The lowest BCUT2D eigenvalue weighted by atomic mass is 9.87. The molecule has 0 amide bonds. The zero-order chi connectivity index (χ0) is 29.4. The molecule has 0 saturated heterocycles. The average Bonchev–Trinajstić information content (AvgIpc) is 2.95. The zero-order valence-electron chi connectivity index (χ0n) is 24.8. The first-order valence-electron chi connectivity index (χ1n) is 14.1. The van der Waals surface area contributed by atoms with Gasteiger partial charge >= 0.3 is 11.9 Å². The van der Waals surface area contributed by atoms with Gasteiger partial charge in [-0.25, -0.2) is 0 Å². The molecule has 216 valence electrons. The summed E-state index contributed by atoms with van der Waals surface area (Å²) in [5.74, 6) is 2.64. The van der Waals surface area contributed by atoms with Crippen molar-refractivity contribution in [1.82, 2.24) is 0 Å². The quantitative estimate of drug-likeness (QED) is 0.0819. The molecule has 3 rings (SSSR count). The van der Waals surface area contributed by atoms with Gasteiger partial charge < -0.3 is 9.47 Å². The Bertz CT molecular complexity index is 1140. The molecule has 0 aliphatic carbocycles. The van der Waals surface area contributed by atoms with E-state index in [9.17, 15) is 9.59 Å². The first-order chi connectivity index (χ1) is 19.2. The number of hydrogen-bond donors (Lipinski definition) is 0. The van der Waals surface area contributed by atoms with Gasteiger partial charge in [-0.3, -0.25) is 9.59 Å². The zero-order valence-corrected chi connectivity index (χ0v) is 26.4. The van der Waals surface area contributed by atoms with Gasteiger partial charge in [0.25, 0.3) is 0 Å². The topological polar surface area (TPSA) is 52.6 Å². The Morgan fingerprint density at radius 1 is 0.575 bits per heavy atom. The molecular weight excluding hydrogens is 537 g/mol. The number of carbonyl (C=O) groups is 2. The van der Waals surface area contributed by atoms with Crippen LogP contribution < -0.4 is 9.47 Å². The lowest BCUT2D eigenvalue weighted by Crippen LogP contribution is -2.29. The third-order valence-electron chi connectivity index (χ3n) is 6.30. The highest BCUT2D eigenvalue weighted by Crippen LogP contribution is 2.31. The van der Waals surface area contributed by atoms with Crippen LogP contribution in [0.4, 0.5) is 0 Å². The highest BCUT2D eigenvalue weighted by molar-refractivity contribution is 7.99. The molecule has 6 heteroatoms. The molecule has 0 N–H and O–H groups in total. The van der Waals surface area contributed by atoms with Crippen LogP contribution in [0.1, 0.15) is 67.2 Å². The predicted octanol–water partition coefficient (Wildman–Crippen LogP) is 9.72. The monoisotopic (exact) mass is 580 g/mol. The van der Waals surface area contributed by atoms with Crippen molar-refractivity contribution < 1.29 is 19.1 Å². The average molecular weight is 581 g/mol. The summed E-state index contributed by atoms with van der Waals surface area (Å²) < 4.78 is 11.1. The van der Waals surface area contributed by atoms with Gasteiger partial charge in [-0.2, -0.15) is 0 Å². The standard InChI is InChI=1S/C32H38O4S2.C2H6/c1-31(2,29(33)35-25-13-7-5-8-14-25)21-11-12-23-37-27-17-19-28(20-18-27)38-24-22-32(3,4)30(34)36-26-15-9-6-10-16-26;1-2/h5-10,13-20H,11-12,21-24H2,1-4H3;1-2H3. The first kappa shape index (κ1) is 33.5. The van der Waals surface area contributed by atoms with Crippen molar-refractivity contribution in [2.24, 2.45) is 10.8 Å². The molecule has 0 atom stereocenters. The molecule has 0 bridgehead atoms. The predicted molar refractivity (Wildman–Crippen MR) is 169 cm³/mol. The van der Waals surface area contributed by atoms with E-state index in [0.29, 0.717) is 11.5 Å². The van der Waals surface area contributed by atoms with Gasteiger partial charge in [0.05, 0.1) is 10.8 Å². The number of hydrogen-bond acceptors (Lipinski definition) is 6. The molecule has 0 aliphatic heterocycles. The summed E-state index contributed by atoms with van der Waals surface area (Å²) in [5.41, 5.74) is -1.06. The smallest absolute Gasteiger partial charge is 0.316 e.